The molecule has 0 radical (unpaired) electrons. The summed E-state index contributed by atoms with van der Waals surface area (Å²) in [5, 5.41) is 3.11. The molecular formula is C18H19NO2. The second-order valence-corrected chi connectivity index (χ2v) is 5.37. The summed E-state index contributed by atoms with van der Waals surface area (Å²) >= 11 is 0. The van der Waals surface area contributed by atoms with E-state index in [-0.39, 0.29) is 17.9 Å². The number of nitrogens with one attached hydrogen (secondary N) is 1. The maximum Gasteiger partial charge on any atom is 0.228 e. The highest BCUT2D eigenvalue weighted by Gasteiger charge is 2.28. The van der Waals surface area contributed by atoms with Crippen molar-refractivity contribution in [1.82, 2.24) is 5.32 Å². The van der Waals surface area contributed by atoms with Crippen LogP contribution in [0.5, 0.6) is 5.75 Å². The number of para-hydroxylation sites is 1. The number of carbonyl (C=O) groups excluding carboxylic acids is 1. The third-order valence-corrected chi connectivity index (χ3v) is 3.93. The molecule has 0 bridgehead atoms. The summed E-state index contributed by atoms with van der Waals surface area (Å²) in [4.78, 5) is 12.6. The molecule has 1 amide bonds. The van der Waals surface area contributed by atoms with Crippen LogP contribution in [-0.2, 0) is 4.79 Å². The lowest BCUT2D eigenvalue weighted by Gasteiger charge is -2.26. The number of hydrogen-bond donors (Lipinski definition) is 1. The maximum absolute atomic E-state index is 12.6. The van der Waals surface area contributed by atoms with E-state index in [1.54, 1.807) is 0 Å². The summed E-state index contributed by atoms with van der Waals surface area (Å²) in [6.07, 6.45) is 0.727. The van der Waals surface area contributed by atoms with Crippen LogP contribution in [0, 0.1) is 0 Å². The van der Waals surface area contributed by atoms with Gasteiger partial charge in [0.15, 0.2) is 0 Å². The predicted octanol–water partition coefficient (Wildman–Crippen LogP) is 3.43. The first kappa shape index (κ1) is 13.7. The summed E-state index contributed by atoms with van der Waals surface area (Å²) in [6.45, 7) is 2.60. The van der Waals surface area contributed by atoms with E-state index in [2.05, 4.69) is 5.32 Å². The van der Waals surface area contributed by atoms with Gasteiger partial charge in [0.05, 0.1) is 18.6 Å². The molecule has 1 aliphatic heterocycles. The van der Waals surface area contributed by atoms with E-state index in [9.17, 15) is 4.79 Å². The highest BCUT2D eigenvalue weighted by Crippen LogP contribution is 2.33. The number of carbonyl (C=O) groups is 1. The highest BCUT2D eigenvalue weighted by molar-refractivity contribution is 5.85. The van der Waals surface area contributed by atoms with Crippen LogP contribution in [0.25, 0.3) is 0 Å². The van der Waals surface area contributed by atoms with Gasteiger partial charge in [-0.05, 0) is 25.0 Å². The Bertz CT molecular complexity index is 624. The number of fused-ring (bicyclic) bond motifs is 1. The molecule has 3 rings (SSSR count). The third kappa shape index (κ3) is 2.92. The van der Waals surface area contributed by atoms with Gasteiger partial charge in [-0.15, -0.1) is 0 Å². The quantitative estimate of drug-likeness (QED) is 0.936. The largest absolute Gasteiger partial charge is 0.493 e. The molecule has 21 heavy (non-hydrogen) atoms. The molecule has 0 spiro atoms. The molecule has 108 valence electrons. The summed E-state index contributed by atoms with van der Waals surface area (Å²) < 4.78 is 5.61. The lowest BCUT2D eigenvalue weighted by atomic mass is 9.92. The average Bonchev–Trinajstić information content (AvgIpc) is 2.55. The molecule has 3 nitrogen and oxygen atoms in total. The number of rotatable bonds is 3. The minimum atomic E-state index is -0.124. The van der Waals surface area contributed by atoms with Crippen molar-refractivity contribution in [3.05, 3.63) is 65.7 Å². The summed E-state index contributed by atoms with van der Waals surface area (Å²) in [6, 6.07) is 17.8. The molecule has 0 saturated carbocycles. The van der Waals surface area contributed by atoms with E-state index in [0.29, 0.717) is 6.61 Å². The molecular weight excluding hydrogens is 262 g/mol. The summed E-state index contributed by atoms with van der Waals surface area (Å²) in [5.41, 5.74) is 2.10. The van der Waals surface area contributed by atoms with Crippen LogP contribution >= 0.6 is 0 Å². The normalized spacial score (nSPS) is 18.2. The van der Waals surface area contributed by atoms with Crippen LogP contribution in [0.1, 0.15) is 36.4 Å². The average molecular weight is 281 g/mol. The van der Waals surface area contributed by atoms with E-state index < -0.39 is 0 Å². The fourth-order valence-corrected chi connectivity index (χ4v) is 2.75. The Balaban J connectivity index is 1.75. The van der Waals surface area contributed by atoms with Crippen molar-refractivity contribution in [2.24, 2.45) is 0 Å². The molecule has 2 unspecified atom stereocenters. The van der Waals surface area contributed by atoms with Crippen LogP contribution in [-0.4, -0.2) is 12.5 Å². The maximum atomic E-state index is 12.6. The molecule has 3 heteroatoms. The smallest absolute Gasteiger partial charge is 0.228 e. The number of amides is 1. The minimum absolute atomic E-state index is 0.00806. The van der Waals surface area contributed by atoms with Gasteiger partial charge in [-0.25, -0.2) is 0 Å². The van der Waals surface area contributed by atoms with Gasteiger partial charge in [-0.3, -0.25) is 4.79 Å². The van der Waals surface area contributed by atoms with Crippen molar-refractivity contribution in [2.75, 3.05) is 6.61 Å². The molecule has 0 aliphatic carbocycles. The van der Waals surface area contributed by atoms with Gasteiger partial charge in [-0.1, -0.05) is 48.5 Å². The zero-order chi connectivity index (χ0) is 14.7. The third-order valence-electron chi connectivity index (χ3n) is 3.93. The van der Waals surface area contributed by atoms with Crippen molar-refractivity contribution in [3.63, 3.8) is 0 Å². The van der Waals surface area contributed by atoms with Crippen LogP contribution < -0.4 is 10.1 Å². The fourth-order valence-electron chi connectivity index (χ4n) is 2.75. The summed E-state index contributed by atoms with van der Waals surface area (Å²) in [7, 11) is 0. The molecule has 1 heterocycles. The molecule has 1 aliphatic rings. The topological polar surface area (TPSA) is 38.3 Å². The second kappa shape index (κ2) is 6.00. The zero-order valence-corrected chi connectivity index (χ0v) is 12.1. The number of hydrogen-bond acceptors (Lipinski definition) is 2. The van der Waals surface area contributed by atoms with E-state index in [4.69, 9.17) is 4.74 Å². The number of ether oxygens (including phenoxy) is 1. The Kier molecular flexibility index (Phi) is 3.91. The Hall–Kier alpha value is -2.29. The van der Waals surface area contributed by atoms with Crippen LogP contribution in [0.2, 0.25) is 0 Å². The molecule has 0 aromatic heterocycles. The van der Waals surface area contributed by atoms with Gasteiger partial charge in [0.25, 0.3) is 0 Å². The molecule has 2 aromatic carbocycles. The highest BCUT2D eigenvalue weighted by atomic mass is 16.5. The Morgan fingerprint density at radius 1 is 1.14 bits per heavy atom. The Morgan fingerprint density at radius 3 is 2.67 bits per heavy atom. The zero-order valence-electron chi connectivity index (χ0n) is 12.1. The van der Waals surface area contributed by atoms with Gasteiger partial charge in [-0.2, -0.15) is 0 Å². The molecule has 2 aromatic rings. The van der Waals surface area contributed by atoms with E-state index in [1.807, 2.05) is 61.5 Å². The molecule has 0 fully saturated rings. The van der Waals surface area contributed by atoms with E-state index >= 15 is 0 Å². The molecule has 1 N–H and O–H groups in total. The van der Waals surface area contributed by atoms with E-state index in [0.717, 1.165) is 23.3 Å². The van der Waals surface area contributed by atoms with Gasteiger partial charge < -0.3 is 10.1 Å². The van der Waals surface area contributed by atoms with Crippen LogP contribution in [0.15, 0.2) is 54.6 Å². The first-order valence-electron chi connectivity index (χ1n) is 7.33. The van der Waals surface area contributed by atoms with Crippen LogP contribution in [0.4, 0.5) is 0 Å². The van der Waals surface area contributed by atoms with Gasteiger partial charge in [0, 0.05) is 5.56 Å². The molecule has 0 saturated heterocycles. The van der Waals surface area contributed by atoms with Crippen molar-refractivity contribution in [3.8, 4) is 5.75 Å². The first-order chi connectivity index (χ1) is 10.3. The van der Waals surface area contributed by atoms with Gasteiger partial charge in [0.2, 0.25) is 5.91 Å². The van der Waals surface area contributed by atoms with Crippen molar-refractivity contribution < 1.29 is 9.53 Å². The Morgan fingerprint density at radius 2 is 1.86 bits per heavy atom. The van der Waals surface area contributed by atoms with Crippen molar-refractivity contribution in [2.45, 2.75) is 25.3 Å². The molecule has 2 atom stereocenters. The lowest BCUT2D eigenvalue weighted by Crippen LogP contribution is -2.34. The van der Waals surface area contributed by atoms with Crippen molar-refractivity contribution in [1.29, 1.82) is 0 Å². The summed E-state index contributed by atoms with van der Waals surface area (Å²) in [5.74, 6) is 0.777. The van der Waals surface area contributed by atoms with Crippen molar-refractivity contribution >= 4 is 5.91 Å². The Labute approximate surface area is 124 Å². The van der Waals surface area contributed by atoms with Gasteiger partial charge in [0.1, 0.15) is 5.75 Å². The van der Waals surface area contributed by atoms with Gasteiger partial charge >= 0.3 is 0 Å². The van der Waals surface area contributed by atoms with Crippen LogP contribution in [0.3, 0.4) is 0 Å². The SMILES string of the molecule is CC(NC(=O)C1CCOc2ccccc21)c1ccccc1. The standard InChI is InChI=1S/C18H19NO2/c1-13(14-7-3-2-4-8-14)19-18(20)16-11-12-21-17-10-6-5-9-15(16)17/h2-10,13,16H,11-12H2,1H3,(H,19,20). The minimum Gasteiger partial charge on any atom is -0.493 e. The fraction of sp³-hybridized carbons (Fsp3) is 0.278. The first-order valence-corrected chi connectivity index (χ1v) is 7.33. The number of benzene rings is 2. The second-order valence-electron chi connectivity index (χ2n) is 5.37. The lowest BCUT2D eigenvalue weighted by molar-refractivity contribution is -0.123. The monoisotopic (exact) mass is 281 g/mol. The van der Waals surface area contributed by atoms with E-state index in [1.165, 1.54) is 0 Å². The predicted molar refractivity (Wildman–Crippen MR) is 82.3 cm³/mol.